The minimum atomic E-state index is -0.0302. The normalized spacial score (nSPS) is 11.8. The van der Waals surface area contributed by atoms with Gasteiger partial charge in [-0.25, -0.2) is 0 Å². The van der Waals surface area contributed by atoms with Gasteiger partial charge in [0.25, 0.3) is 0 Å². The number of para-hydroxylation sites is 2. The first kappa shape index (κ1) is 19.0. The van der Waals surface area contributed by atoms with Crippen molar-refractivity contribution in [2.75, 3.05) is 19.0 Å². The van der Waals surface area contributed by atoms with Crippen molar-refractivity contribution >= 4 is 11.6 Å². The van der Waals surface area contributed by atoms with Gasteiger partial charge in [-0.15, -0.1) is 0 Å². The highest BCUT2D eigenvalue weighted by Crippen LogP contribution is 2.25. The van der Waals surface area contributed by atoms with E-state index in [0.29, 0.717) is 0 Å². The number of hydrogen-bond donors (Lipinski definition) is 2. The van der Waals surface area contributed by atoms with Crippen LogP contribution in [0.5, 0.6) is 5.75 Å². The fourth-order valence-electron chi connectivity index (χ4n) is 2.97. The molecule has 0 saturated carbocycles. The zero-order valence-corrected chi connectivity index (χ0v) is 15.6. The van der Waals surface area contributed by atoms with Gasteiger partial charge in [-0.05, 0) is 37.0 Å². The van der Waals surface area contributed by atoms with Crippen LogP contribution in [0.4, 0.5) is 5.69 Å². The third kappa shape index (κ3) is 4.83. The summed E-state index contributed by atoms with van der Waals surface area (Å²) in [7, 11) is 1.66. The monoisotopic (exact) mass is 340 g/mol. The Morgan fingerprint density at radius 3 is 2.28 bits per heavy atom. The number of aryl methyl sites for hydroxylation is 2. The van der Waals surface area contributed by atoms with Crippen LogP contribution >= 0.6 is 0 Å². The number of nitrogens with one attached hydrogen (secondary N) is 2. The Kier molecular flexibility index (Phi) is 7.02. The third-order valence-corrected chi connectivity index (χ3v) is 4.44. The van der Waals surface area contributed by atoms with Crippen LogP contribution in [0.15, 0.2) is 42.5 Å². The molecule has 4 heteroatoms. The number of ether oxygens (including phenoxy) is 1. The van der Waals surface area contributed by atoms with Gasteiger partial charge in [-0.1, -0.05) is 50.2 Å². The number of anilines is 1. The molecule has 0 heterocycles. The lowest BCUT2D eigenvalue weighted by atomic mass is 10.0. The van der Waals surface area contributed by atoms with Crippen LogP contribution in [0.1, 0.15) is 43.5 Å². The van der Waals surface area contributed by atoms with Crippen LogP contribution in [-0.2, 0) is 17.6 Å². The summed E-state index contributed by atoms with van der Waals surface area (Å²) in [5.41, 5.74) is 4.35. The van der Waals surface area contributed by atoms with E-state index in [1.165, 1.54) is 11.1 Å². The van der Waals surface area contributed by atoms with Crippen molar-refractivity contribution in [3.05, 3.63) is 59.2 Å². The number of rotatable bonds is 8. The Bertz CT molecular complexity index is 691. The molecule has 0 radical (unpaired) electrons. The second-order valence-electron chi connectivity index (χ2n) is 6.05. The van der Waals surface area contributed by atoms with E-state index in [-0.39, 0.29) is 18.5 Å². The van der Waals surface area contributed by atoms with Crippen LogP contribution in [0.25, 0.3) is 0 Å². The molecule has 0 saturated heterocycles. The number of hydrogen-bond acceptors (Lipinski definition) is 3. The van der Waals surface area contributed by atoms with Crippen LogP contribution < -0.4 is 15.4 Å². The van der Waals surface area contributed by atoms with Gasteiger partial charge in [0.2, 0.25) is 5.91 Å². The lowest BCUT2D eigenvalue weighted by molar-refractivity contribution is -0.115. The minimum absolute atomic E-state index is 0.0222. The molecule has 2 rings (SSSR count). The van der Waals surface area contributed by atoms with Gasteiger partial charge in [-0.2, -0.15) is 0 Å². The SMILES string of the molecule is CCc1cccc(CC)c1NC(=O)CN[C@H](C)c1ccccc1OC. The summed E-state index contributed by atoms with van der Waals surface area (Å²) in [6.07, 6.45) is 1.79. The van der Waals surface area contributed by atoms with Gasteiger partial charge in [0.15, 0.2) is 0 Å². The Morgan fingerprint density at radius 1 is 1.04 bits per heavy atom. The molecule has 0 fully saturated rings. The van der Waals surface area contributed by atoms with E-state index < -0.39 is 0 Å². The van der Waals surface area contributed by atoms with Gasteiger partial charge in [0, 0.05) is 17.3 Å². The maximum absolute atomic E-state index is 12.4. The first-order chi connectivity index (χ1) is 12.1. The molecule has 0 bridgehead atoms. The van der Waals surface area contributed by atoms with E-state index in [2.05, 4.69) is 42.7 Å². The molecular weight excluding hydrogens is 312 g/mol. The van der Waals surface area contributed by atoms with Crippen LogP contribution in [0.3, 0.4) is 0 Å². The van der Waals surface area contributed by atoms with Gasteiger partial charge >= 0.3 is 0 Å². The molecule has 4 nitrogen and oxygen atoms in total. The molecule has 2 N–H and O–H groups in total. The predicted octanol–water partition coefficient (Wildman–Crippen LogP) is 4.11. The summed E-state index contributed by atoms with van der Waals surface area (Å²) in [5.74, 6) is 0.796. The second-order valence-corrected chi connectivity index (χ2v) is 6.05. The molecular formula is C21H28N2O2. The largest absolute Gasteiger partial charge is 0.496 e. The fourth-order valence-corrected chi connectivity index (χ4v) is 2.97. The molecule has 2 aromatic rings. The lowest BCUT2D eigenvalue weighted by Gasteiger charge is -2.18. The van der Waals surface area contributed by atoms with E-state index in [9.17, 15) is 4.79 Å². The smallest absolute Gasteiger partial charge is 0.238 e. The van der Waals surface area contributed by atoms with Crippen molar-refractivity contribution in [3.63, 3.8) is 0 Å². The van der Waals surface area contributed by atoms with Gasteiger partial charge in [0.05, 0.1) is 13.7 Å². The topological polar surface area (TPSA) is 50.4 Å². The highest BCUT2D eigenvalue weighted by molar-refractivity contribution is 5.93. The third-order valence-electron chi connectivity index (χ3n) is 4.44. The van der Waals surface area contributed by atoms with Crippen LogP contribution in [0, 0.1) is 0 Å². The summed E-state index contributed by atoms with van der Waals surface area (Å²) >= 11 is 0. The molecule has 134 valence electrons. The molecule has 0 aliphatic rings. The predicted molar refractivity (Wildman–Crippen MR) is 103 cm³/mol. The zero-order chi connectivity index (χ0) is 18.2. The second kappa shape index (κ2) is 9.23. The summed E-state index contributed by atoms with van der Waals surface area (Å²) in [5, 5.41) is 6.36. The van der Waals surface area contributed by atoms with Gasteiger partial charge in [-0.3, -0.25) is 4.79 Å². The van der Waals surface area contributed by atoms with Crippen molar-refractivity contribution in [1.29, 1.82) is 0 Å². The summed E-state index contributed by atoms with van der Waals surface area (Å²) in [4.78, 5) is 12.4. The maximum atomic E-state index is 12.4. The maximum Gasteiger partial charge on any atom is 0.238 e. The number of benzene rings is 2. The van der Waals surface area contributed by atoms with Crippen LogP contribution in [-0.4, -0.2) is 19.6 Å². The molecule has 0 unspecified atom stereocenters. The van der Waals surface area contributed by atoms with Crippen molar-refractivity contribution in [2.45, 2.75) is 39.7 Å². The fraction of sp³-hybridized carbons (Fsp3) is 0.381. The van der Waals surface area contributed by atoms with Gasteiger partial charge in [0.1, 0.15) is 5.75 Å². The Morgan fingerprint density at radius 2 is 1.68 bits per heavy atom. The minimum Gasteiger partial charge on any atom is -0.496 e. The zero-order valence-electron chi connectivity index (χ0n) is 15.6. The Labute approximate surface area is 150 Å². The highest BCUT2D eigenvalue weighted by atomic mass is 16.5. The molecule has 0 aromatic heterocycles. The Balaban J connectivity index is 2.02. The standard InChI is InChI=1S/C21H28N2O2/c1-5-16-10-9-11-17(6-2)21(16)23-20(24)14-22-15(3)18-12-7-8-13-19(18)25-4/h7-13,15,22H,5-6,14H2,1-4H3,(H,23,24)/t15-/m1/s1. The van der Waals surface area contributed by atoms with Crippen molar-refractivity contribution < 1.29 is 9.53 Å². The van der Waals surface area contributed by atoms with Crippen molar-refractivity contribution in [3.8, 4) is 5.75 Å². The van der Waals surface area contributed by atoms with Gasteiger partial charge < -0.3 is 15.4 Å². The Hall–Kier alpha value is -2.33. The molecule has 1 atom stereocenters. The number of carbonyl (C=O) groups is 1. The van der Waals surface area contributed by atoms with E-state index in [1.807, 2.05) is 31.2 Å². The van der Waals surface area contributed by atoms with Crippen molar-refractivity contribution in [1.82, 2.24) is 5.32 Å². The van der Waals surface area contributed by atoms with E-state index in [4.69, 9.17) is 4.74 Å². The average Bonchev–Trinajstić information content (AvgIpc) is 2.66. The number of amides is 1. The lowest BCUT2D eigenvalue weighted by Crippen LogP contribution is -2.30. The number of methoxy groups -OCH3 is 1. The quantitative estimate of drug-likeness (QED) is 0.760. The molecule has 0 aliphatic heterocycles. The summed E-state index contributed by atoms with van der Waals surface area (Å²) in [6, 6.07) is 14.1. The first-order valence-corrected chi connectivity index (χ1v) is 8.87. The van der Waals surface area contributed by atoms with E-state index >= 15 is 0 Å². The number of carbonyl (C=O) groups excluding carboxylic acids is 1. The first-order valence-electron chi connectivity index (χ1n) is 8.87. The average molecular weight is 340 g/mol. The van der Waals surface area contributed by atoms with E-state index in [1.54, 1.807) is 7.11 Å². The van der Waals surface area contributed by atoms with E-state index in [0.717, 1.165) is 29.8 Å². The highest BCUT2D eigenvalue weighted by Gasteiger charge is 2.14. The molecule has 0 spiro atoms. The molecule has 1 amide bonds. The summed E-state index contributed by atoms with van der Waals surface area (Å²) in [6.45, 7) is 6.49. The van der Waals surface area contributed by atoms with Crippen molar-refractivity contribution in [2.24, 2.45) is 0 Å². The molecule has 25 heavy (non-hydrogen) atoms. The molecule has 2 aromatic carbocycles. The summed E-state index contributed by atoms with van der Waals surface area (Å²) < 4.78 is 5.39. The van der Waals surface area contributed by atoms with Crippen LogP contribution in [0.2, 0.25) is 0 Å². The molecule has 0 aliphatic carbocycles.